The van der Waals surface area contributed by atoms with Gasteiger partial charge in [-0.25, -0.2) is 4.79 Å². The average molecular weight is 201 g/mol. The molecule has 0 spiro atoms. The van der Waals surface area contributed by atoms with E-state index in [0.717, 1.165) is 16.5 Å². The number of aromatic amines is 1. The monoisotopic (exact) mass is 201 g/mol. The number of para-hydroxylation sites is 1. The molecule has 0 radical (unpaired) electrons. The first-order valence-electron chi connectivity index (χ1n) is 4.66. The van der Waals surface area contributed by atoms with Crippen LogP contribution in [0.2, 0.25) is 0 Å². The standard InChI is InChI=1S/C12H11NO2/c1-8(12(14)15)7-10-4-2-3-9-5-6-13-11(9)10/h2-7,13H,1H3,(H,14,15)/b8-7-. The molecule has 15 heavy (non-hydrogen) atoms. The van der Waals surface area contributed by atoms with Crippen molar-refractivity contribution in [2.24, 2.45) is 0 Å². The number of benzene rings is 1. The first kappa shape index (κ1) is 9.52. The second kappa shape index (κ2) is 3.61. The van der Waals surface area contributed by atoms with Gasteiger partial charge in [0.25, 0.3) is 0 Å². The molecule has 0 atom stereocenters. The second-order valence-electron chi connectivity index (χ2n) is 3.42. The third-order valence-corrected chi connectivity index (χ3v) is 2.33. The fourth-order valence-electron chi connectivity index (χ4n) is 1.52. The minimum absolute atomic E-state index is 0.331. The van der Waals surface area contributed by atoms with Crippen molar-refractivity contribution < 1.29 is 9.90 Å². The Hall–Kier alpha value is -2.03. The summed E-state index contributed by atoms with van der Waals surface area (Å²) in [5, 5.41) is 9.87. The highest BCUT2D eigenvalue weighted by Crippen LogP contribution is 2.19. The van der Waals surface area contributed by atoms with E-state index in [0.29, 0.717) is 5.57 Å². The zero-order valence-electron chi connectivity index (χ0n) is 8.32. The number of carboxylic acid groups (broad SMARTS) is 1. The Balaban J connectivity index is 2.57. The molecule has 0 saturated carbocycles. The molecule has 1 aromatic heterocycles. The lowest BCUT2D eigenvalue weighted by Gasteiger charge is -1.98. The summed E-state index contributed by atoms with van der Waals surface area (Å²) in [5.41, 5.74) is 2.20. The lowest BCUT2D eigenvalue weighted by atomic mass is 10.1. The summed E-state index contributed by atoms with van der Waals surface area (Å²) in [6.07, 6.45) is 3.51. The van der Waals surface area contributed by atoms with Gasteiger partial charge in [0.15, 0.2) is 0 Å². The van der Waals surface area contributed by atoms with Crippen LogP contribution in [-0.2, 0) is 4.79 Å². The molecule has 76 valence electrons. The molecule has 0 aliphatic carbocycles. The van der Waals surface area contributed by atoms with Crippen LogP contribution in [0.3, 0.4) is 0 Å². The molecule has 2 N–H and O–H groups in total. The molecule has 1 aromatic carbocycles. The summed E-state index contributed by atoms with van der Waals surface area (Å²) >= 11 is 0. The predicted octanol–water partition coefficient (Wildman–Crippen LogP) is 2.66. The Kier molecular flexibility index (Phi) is 2.29. The molecule has 1 heterocycles. The van der Waals surface area contributed by atoms with Crippen molar-refractivity contribution in [3.05, 3.63) is 41.6 Å². The number of aromatic nitrogens is 1. The van der Waals surface area contributed by atoms with E-state index in [4.69, 9.17) is 5.11 Å². The fourth-order valence-corrected chi connectivity index (χ4v) is 1.52. The molecule has 2 rings (SSSR count). The van der Waals surface area contributed by atoms with Gasteiger partial charge in [-0.1, -0.05) is 18.2 Å². The first-order valence-corrected chi connectivity index (χ1v) is 4.66. The van der Waals surface area contributed by atoms with Gasteiger partial charge < -0.3 is 10.1 Å². The summed E-state index contributed by atoms with van der Waals surface area (Å²) in [7, 11) is 0. The SMILES string of the molecule is C/C(=C/c1cccc2cc[nH]c12)C(=O)O. The van der Waals surface area contributed by atoms with E-state index < -0.39 is 5.97 Å². The van der Waals surface area contributed by atoms with Gasteiger partial charge in [0.1, 0.15) is 0 Å². The molecular weight excluding hydrogens is 190 g/mol. The van der Waals surface area contributed by atoms with Gasteiger partial charge >= 0.3 is 5.97 Å². The maximum atomic E-state index is 10.7. The first-order chi connectivity index (χ1) is 7.18. The molecule has 0 aliphatic rings. The summed E-state index contributed by atoms with van der Waals surface area (Å²) < 4.78 is 0. The highest BCUT2D eigenvalue weighted by Gasteiger charge is 2.03. The van der Waals surface area contributed by atoms with Crippen molar-refractivity contribution >= 4 is 22.9 Å². The summed E-state index contributed by atoms with van der Waals surface area (Å²) in [6, 6.07) is 7.75. The van der Waals surface area contributed by atoms with Gasteiger partial charge in [-0.3, -0.25) is 0 Å². The minimum Gasteiger partial charge on any atom is -0.478 e. The molecule has 0 bridgehead atoms. The zero-order valence-corrected chi connectivity index (χ0v) is 8.32. The van der Waals surface area contributed by atoms with E-state index in [1.54, 1.807) is 13.0 Å². The van der Waals surface area contributed by atoms with Crippen molar-refractivity contribution in [1.29, 1.82) is 0 Å². The van der Waals surface area contributed by atoms with Gasteiger partial charge in [0.05, 0.1) is 5.52 Å². The van der Waals surface area contributed by atoms with E-state index in [1.807, 2.05) is 30.5 Å². The van der Waals surface area contributed by atoms with Crippen LogP contribution < -0.4 is 0 Å². The molecule has 0 unspecified atom stereocenters. The smallest absolute Gasteiger partial charge is 0.331 e. The number of carboxylic acids is 1. The number of fused-ring (bicyclic) bond motifs is 1. The van der Waals surface area contributed by atoms with Crippen LogP contribution in [0.25, 0.3) is 17.0 Å². The molecule has 2 aromatic rings. The summed E-state index contributed by atoms with van der Waals surface area (Å²) in [4.78, 5) is 13.8. The van der Waals surface area contributed by atoms with Crippen molar-refractivity contribution in [3.63, 3.8) is 0 Å². The van der Waals surface area contributed by atoms with Crippen LogP contribution in [0.4, 0.5) is 0 Å². The minimum atomic E-state index is -0.890. The molecule has 0 aliphatic heterocycles. The maximum Gasteiger partial charge on any atom is 0.331 e. The topological polar surface area (TPSA) is 53.1 Å². The third kappa shape index (κ3) is 1.76. The zero-order chi connectivity index (χ0) is 10.8. The van der Waals surface area contributed by atoms with E-state index >= 15 is 0 Å². The van der Waals surface area contributed by atoms with Gasteiger partial charge in [0, 0.05) is 11.8 Å². The number of hydrogen-bond acceptors (Lipinski definition) is 1. The molecule has 3 heteroatoms. The molecule has 0 fully saturated rings. The van der Waals surface area contributed by atoms with Crippen LogP contribution in [0.15, 0.2) is 36.0 Å². The van der Waals surface area contributed by atoms with Crippen LogP contribution >= 0.6 is 0 Å². The number of aliphatic carboxylic acids is 1. The van der Waals surface area contributed by atoms with Gasteiger partial charge in [-0.05, 0) is 30.0 Å². The van der Waals surface area contributed by atoms with E-state index in [2.05, 4.69) is 4.98 Å². The Labute approximate surface area is 87.0 Å². The number of carbonyl (C=O) groups is 1. The summed E-state index contributed by atoms with van der Waals surface area (Å²) in [5.74, 6) is -0.890. The second-order valence-corrected chi connectivity index (χ2v) is 3.42. The highest BCUT2D eigenvalue weighted by atomic mass is 16.4. The molecule has 0 amide bonds. The molecule has 0 saturated heterocycles. The van der Waals surface area contributed by atoms with Crippen molar-refractivity contribution in [2.75, 3.05) is 0 Å². The summed E-state index contributed by atoms with van der Waals surface area (Å²) in [6.45, 7) is 1.59. The number of H-pyrrole nitrogens is 1. The van der Waals surface area contributed by atoms with Crippen LogP contribution in [0, 0.1) is 0 Å². The van der Waals surface area contributed by atoms with Gasteiger partial charge in [-0.2, -0.15) is 0 Å². The van der Waals surface area contributed by atoms with E-state index in [1.165, 1.54) is 0 Å². The highest BCUT2D eigenvalue weighted by molar-refractivity contribution is 5.95. The van der Waals surface area contributed by atoms with Crippen LogP contribution in [0.5, 0.6) is 0 Å². The van der Waals surface area contributed by atoms with Gasteiger partial charge in [-0.15, -0.1) is 0 Å². The van der Waals surface area contributed by atoms with Gasteiger partial charge in [0.2, 0.25) is 0 Å². The predicted molar refractivity (Wildman–Crippen MR) is 59.6 cm³/mol. The normalized spacial score (nSPS) is 11.9. The van der Waals surface area contributed by atoms with E-state index in [9.17, 15) is 4.79 Å². The number of nitrogens with one attached hydrogen (secondary N) is 1. The molecular formula is C12H11NO2. The number of rotatable bonds is 2. The Bertz CT molecular complexity index is 537. The average Bonchev–Trinajstić information content (AvgIpc) is 2.66. The van der Waals surface area contributed by atoms with Crippen molar-refractivity contribution in [2.45, 2.75) is 6.92 Å². The van der Waals surface area contributed by atoms with Crippen LogP contribution in [-0.4, -0.2) is 16.1 Å². The third-order valence-electron chi connectivity index (χ3n) is 2.33. The largest absolute Gasteiger partial charge is 0.478 e. The Morgan fingerprint density at radius 3 is 2.93 bits per heavy atom. The lowest BCUT2D eigenvalue weighted by Crippen LogP contribution is -1.95. The Morgan fingerprint density at radius 1 is 1.40 bits per heavy atom. The Morgan fingerprint density at radius 2 is 2.20 bits per heavy atom. The van der Waals surface area contributed by atoms with E-state index in [-0.39, 0.29) is 0 Å². The molecule has 3 nitrogen and oxygen atoms in total. The van der Waals surface area contributed by atoms with Crippen molar-refractivity contribution in [3.8, 4) is 0 Å². The quantitative estimate of drug-likeness (QED) is 0.734. The lowest BCUT2D eigenvalue weighted by molar-refractivity contribution is -0.132. The number of hydrogen-bond donors (Lipinski definition) is 2. The van der Waals surface area contributed by atoms with Crippen molar-refractivity contribution in [1.82, 2.24) is 4.98 Å². The van der Waals surface area contributed by atoms with Crippen LogP contribution in [0.1, 0.15) is 12.5 Å². The fraction of sp³-hybridized carbons (Fsp3) is 0.0833. The maximum absolute atomic E-state index is 10.7.